The summed E-state index contributed by atoms with van der Waals surface area (Å²) in [6.45, 7) is 7.33. The average Bonchev–Trinajstić information content (AvgIpc) is 2.68. The third-order valence-corrected chi connectivity index (χ3v) is 4.17. The predicted octanol–water partition coefficient (Wildman–Crippen LogP) is 1.91. The largest absolute Gasteiger partial charge is 0.320 e. The zero-order valence-electron chi connectivity index (χ0n) is 13.3. The van der Waals surface area contributed by atoms with Gasteiger partial charge in [-0.25, -0.2) is 0 Å². The molecule has 1 aromatic rings. The van der Waals surface area contributed by atoms with Gasteiger partial charge in [0.05, 0.1) is 6.54 Å². The van der Waals surface area contributed by atoms with E-state index in [4.69, 9.17) is 5.73 Å². The second kappa shape index (κ2) is 8.19. The van der Waals surface area contributed by atoms with E-state index in [9.17, 15) is 0 Å². The molecule has 0 amide bonds. The molecule has 0 radical (unpaired) electrons. The molecule has 1 aliphatic rings. The van der Waals surface area contributed by atoms with Gasteiger partial charge in [-0.2, -0.15) is 0 Å². The van der Waals surface area contributed by atoms with E-state index in [1.165, 1.54) is 38.0 Å². The maximum atomic E-state index is 5.40. The maximum absolute atomic E-state index is 5.40. The van der Waals surface area contributed by atoms with Crippen LogP contribution >= 0.6 is 0 Å². The minimum atomic E-state index is 0.418. The van der Waals surface area contributed by atoms with Crippen LogP contribution in [0.25, 0.3) is 0 Å². The molecule has 1 aliphatic heterocycles. The fourth-order valence-corrected chi connectivity index (χ4v) is 2.97. The van der Waals surface area contributed by atoms with Crippen LogP contribution in [0, 0.1) is 11.8 Å². The quantitative estimate of drug-likeness (QED) is 0.861. The SMILES string of the molecule is CCC1CN(C)CCCN1Cc1ccc(C#CCN)cc1. The number of nitrogens with zero attached hydrogens (tertiary/aromatic N) is 2. The predicted molar refractivity (Wildman–Crippen MR) is 89.0 cm³/mol. The number of hydrogen-bond donors (Lipinski definition) is 1. The third kappa shape index (κ3) is 4.86. The van der Waals surface area contributed by atoms with E-state index in [2.05, 4.69) is 59.9 Å². The Morgan fingerprint density at radius 3 is 2.67 bits per heavy atom. The minimum absolute atomic E-state index is 0.418. The Labute approximate surface area is 129 Å². The second-order valence-electron chi connectivity index (χ2n) is 5.85. The first kappa shape index (κ1) is 16.0. The highest BCUT2D eigenvalue weighted by Crippen LogP contribution is 2.16. The third-order valence-electron chi connectivity index (χ3n) is 4.17. The minimum Gasteiger partial charge on any atom is -0.320 e. The molecule has 1 aromatic carbocycles. The van der Waals surface area contributed by atoms with Crippen molar-refractivity contribution in [3.8, 4) is 11.8 Å². The van der Waals surface area contributed by atoms with Crippen molar-refractivity contribution >= 4 is 0 Å². The molecule has 1 heterocycles. The van der Waals surface area contributed by atoms with E-state index >= 15 is 0 Å². The first-order chi connectivity index (χ1) is 10.2. The number of benzene rings is 1. The van der Waals surface area contributed by atoms with Crippen molar-refractivity contribution in [1.29, 1.82) is 0 Å². The molecule has 0 aromatic heterocycles. The van der Waals surface area contributed by atoms with E-state index in [1.54, 1.807) is 0 Å². The molecule has 3 nitrogen and oxygen atoms in total. The van der Waals surface area contributed by atoms with Crippen molar-refractivity contribution in [3.63, 3.8) is 0 Å². The van der Waals surface area contributed by atoms with Gasteiger partial charge in [0.2, 0.25) is 0 Å². The summed E-state index contributed by atoms with van der Waals surface area (Å²) in [7, 11) is 2.23. The molecule has 3 heteroatoms. The molecule has 2 N–H and O–H groups in total. The van der Waals surface area contributed by atoms with E-state index in [1.807, 2.05) is 0 Å². The fourth-order valence-electron chi connectivity index (χ4n) is 2.97. The van der Waals surface area contributed by atoms with Crippen molar-refractivity contribution in [3.05, 3.63) is 35.4 Å². The molecule has 1 unspecified atom stereocenters. The van der Waals surface area contributed by atoms with Gasteiger partial charge in [-0.1, -0.05) is 30.9 Å². The number of rotatable bonds is 3. The van der Waals surface area contributed by atoms with Gasteiger partial charge in [0.25, 0.3) is 0 Å². The van der Waals surface area contributed by atoms with Crippen LogP contribution in [0.5, 0.6) is 0 Å². The maximum Gasteiger partial charge on any atom is 0.0555 e. The molecule has 0 saturated carbocycles. The molecule has 1 fully saturated rings. The molecule has 0 spiro atoms. The highest BCUT2D eigenvalue weighted by molar-refractivity contribution is 5.36. The number of nitrogens with two attached hydrogens (primary N) is 1. The zero-order chi connectivity index (χ0) is 15.1. The number of hydrogen-bond acceptors (Lipinski definition) is 3. The lowest BCUT2D eigenvalue weighted by Crippen LogP contribution is -2.39. The van der Waals surface area contributed by atoms with Gasteiger partial charge in [-0.15, -0.1) is 0 Å². The van der Waals surface area contributed by atoms with Crippen molar-refractivity contribution in [2.45, 2.75) is 32.4 Å². The molecule has 21 heavy (non-hydrogen) atoms. The van der Waals surface area contributed by atoms with Crippen LogP contribution in [-0.2, 0) is 6.54 Å². The molecule has 0 bridgehead atoms. The summed E-state index contributed by atoms with van der Waals surface area (Å²) in [6, 6.07) is 9.25. The Morgan fingerprint density at radius 1 is 1.24 bits per heavy atom. The first-order valence-electron chi connectivity index (χ1n) is 7.93. The van der Waals surface area contributed by atoms with Crippen LogP contribution in [0.15, 0.2) is 24.3 Å². The van der Waals surface area contributed by atoms with Gasteiger partial charge in [0.15, 0.2) is 0 Å². The van der Waals surface area contributed by atoms with Gasteiger partial charge in [0.1, 0.15) is 0 Å². The van der Waals surface area contributed by atoms with E-state index < -0.39 is 0 Å². The molecule has 1 atom stereocenters. The van der Waals surface area contributed by atoms with Crippen LogP contribution < -0.4 is 5.73 Å². The Morgan fingerprint density at radius 2 is 2.00 bits per heavy atom. The lowest BCUT2D eigenvalue weighted by molar-refractivity contribution is 0.176. The van der Waals surface area contributed by atoms with Crippen molar-refractivity contribution in [2.24, 2.45) is 5.73 Å². The second-order valence-corrected chi connectivity index (χ2v) is 5.85. The van der Waals surface area contributed by atoms with Crippen molar-refractivity contribution < 1.29 is 0 Å². The van der Waals surface area contributed by atoms with Crippen LogP contribution in [0.2, 0.25) is 0 Å². The lowest BCUT2D eigenvalue weighted by Gasteiger charge is -2.30. The topological polar surface area (TPSA) is 32.5 Å². The van der Waals surface area contributed by atoms with Crippen LogP contribution in [0.4, 0.5) is 0 Å². The van der Waals surface area contributed by atoms with Crippen LogP contribution in [0.1, 0.15) is 30.9 Å². The smallest absolute Gasteiger partial charge is 0.0555 e. The molecular weight excluding hydrogens is 258 g/mol. The fraction of sp³-hybridized carbons (Fsp3) is 0.556. The molecule has 114 valence electrons. The monoisotopic (exact) mass is 285 g/mol. The van der Waals surface area contributed by atoms with Gasteiger partial charge in [-0.05, 0) is 44.1 Å². The average molecular weight is 285 g/mol. The van der Waals surface area contributed by atoms with E-state index in [0.717, 1.165) is 12.1 Å². The standard InChI is InChI=1S/C18H27N3/c1-3-18-15-20(2)12-5-13-21(18)14-17-9-7-16(8-10-17)6-4-11-19/h7-10,18H,3,5,11-15,19H2,1-2H3. The van der Waals surface area contributed by atoms with Crippen LogP contribution in [0.3, 0.4) is 0 Å². The van der Waals surface area contributed by atoms with Crippen molar-refractivity contribution in [2.75, 3.05) is 33.2 Å². The van der Waals surface area contributed by atoms with Gasteiger partial charge < -0.3 is 10.6 Å². The highest BCUT2D eigenvalue weighted by Gasteiger charge is 2.21. The summed E-state index contributed by atoms with van der Waals surface area (Å²) in [4.78, 5) is 5.09. The van der Waals surface area contributed by atoms with Gasteiger partial charge in [-0.3, -0.25) is 4.90 Å². The lowest BCUT2D eigenvalue weighted by atomic mass is 10.1. The molecule has 2 rings (SSSR count). The van der Waals surface area contributed by atoms with Crippen molar-refractivity contribution in [1.82, 2.24) is 9.80 Å². The Balaban J connectivity index is 2.02. The first-order valence-corrected chi connectivity index (χ1v) is 7.93. The summed E-state index contributed by atoms with van der Waals surface area (Å²) >= 11 is 0. The Bertz CT molecular complexity index is 483. The summed E-state index contributed by atoms with van der Waals surface area (Å²) in [5, 5.41) is 0. The highest BCUT2D eigenvalue weighted by atomic mass is 15.2. The normalized spacial score (nSPS) is 20.6. The van der Waals surface area contributed by atoms with Crippen LogP contribution in [-0.4, -0.2) is 49.1 Å². The zero-order valence-corrected chi connectivity index (χ0v) is 13.3. The molecule has 1 saturated heterocycles. The van der Waals surface area contributed by atoms with E-state index in [-0.39, 0.29) is 0 Å². The van der Waals surface area contributed by atoms with Gasteiger partial charge in [0, 0.05) is 31.2 Å². The molecular formula is C18H27N3. The summed E-state index contributed by atoms with van der Waals surface area (Å²) < 4.78 is 0. The number of likely N-dealkylation sites (N-methyl/N-ethyl adjacent to an activating group) is 1. The summed E-state index contributed by atoms with van der Waals surface area (Å²) in [6.07, 6.45) is 2.47. The Hall–Kier alpha value is -1.34. The Kier molecular flexibility index (Phi) is 6.25. The van der Waals surface area contributed by atoms with Gasteiger partial charge >= 0.3 is 0 Å². The van der Waals surface area contributed by atoms with E-state index in [0.29, 0.717) is 12.6 Å². The molecule has 0 aliphatic carbocycles. The summed E-state index contributed by atoms with van der Waals surface area (Å²) in [5.41, 5.74) is 7.82. The summed E-state index contributed by atoms with van der Waals surface area (Å²) in [5.74, 6) is 5.97.